The first-order chi connectivity index (χ1) is 13.1. The molecule has 0 radical (unpaired) electrons. The molecule has 3 unspecified atom stereocenters. The Bertz CT molecular complexity index is 637. The van der Waals surface area contributed by atoms with E-state index in [1.165, 1.54) is 24.9 Å². The molecular formula is C22H34N4O. The smallest absolute Gasteiger partial charge is 0.239 e. The zero-order valence-electron chi connectivity index (χ0n) is 16.7. The van der Waals surface area contributed by atoms with Crippen LogP contribution in [0.1, 0.15) is 51.5 Å². The van der Waals surface area contributed by atoms with Gasteiger partial charge in [-0.2, -0.15) is 0 Å². The molecule has 1 amide bonds. The van der Waals surface area contributed by atoms with Gasteiger partial charge in [0.15, 0.2) is 0 Å². The van der Waals surface area contributed by atoms with Crippen molar-refractivity contribution in [2.24, 2.45) is 5.92 Å². The molecule has 3 atom stereocenters. The van der Waals surface area contributed by atoms with E-state index in [-0.39, 0.29) is 11.9 Å². The van der Waals surface area contributed by atoms with Crippen molar-refractivity contribution in [3.05, 3.63) is 35.9 Å². The average molecular weight is 371 g/mol. The van der Waals surface area contributed by atoms with Crippen LogP contribution in [-0.4, -0.2) is 48.6 Å². The number of hydrazine groups is 1. The van der Waals surface area contributed by atoms with E-state index in [9.17, 15) is 4.79 Å². The summed E-state index contributed by atoms with van der Waals surface area (Å²) in [5, 5.41) is 3.30. The van der Waals surface area contributed by atoms with E-state index in [4.69, 9.17) is 0 Å². The van der Waals surface area contributed by atoms with Crippen molar-refractivity contribution >= 4 is 5.91 Å². The Hall–Kier alpha value is -1.43. The van der Waals surface area contributed by atoms with Crippen LogP contribution in [0.25, 0.3) is 0 Å². The number of benzene rings is 1. The van der Waals surface area contributed by atoms with Gasteiger partial charge in [-0.15, -0.1) is 0 Å². The van der Waals surface area contributed by atoms with Crippen molar-refractivity contribution in [2.75, 3.05) is 19.6 Å². The van der Waals surface area contributed by atoms with Crippen molar-refractivity contribution in [1.29, 1.82) is 0 Å². The molecule has 2 aliphatic heterocycles. The van der Waals surface area contributed by atoms with Crippen LogP contribution in [0.3, 0.4) is 0 Å². The molecular weight excluding hydrogens is 336 g/mol. The topological polar surface area (TPSA) is 56.4 Å². The highest BCUT2D eigenvalue weighted by Gasteiger charge is 2.45. The van der Waals surface area contributed by atoms with E-state index in [1.807, 2.05) is 0 Å². The maximum absolute atomic E-state index is 12.7. The third-order valence-corrected chi connectivity index (χ3v) is 7.01. The summed E-state index contributed by atoms with van der Waals surface area (Å²) in [6, 6.07) is 11.6. The van der Waals surface area contributed by atoms with Gasteiger partial charge in [0.1, 0.15) is 6.04 Å². The number of hydrogen-bond acceptors (Lipinski definition) is 4. The van der Waals surface area contributed by atoms with Crippen LogP contribution < -0.4 is 16.2 Å². The largest absolute Gasteiger partial charge is 0.352 e. The fraction of sp³-hybridized carbons (Fsp3) is 0.682. The van der Waals surface area contributed by atoms with Crippen molar-refractivity contribution in [3.8, 4) is 0 Å². The molecule has 3 fully saturated rings. The quantitative estimate of drug-likeness (QED) is 0.719. The predicted molar refractivity (Wildman–Crippen MR) is 108 cm³/mol. The SMILES string of the molecule is CCC1NNC(C(=O)NC2CCN(CC3(c4ccccc4)CC3)CC2)C1C. The Kier molecular flexibility index (Phi) is 5.53. The molecule has 1 aromatic carbocycles. The van der Waals surface area contributed by atoms with Crippen molar-refractivity contribution in [2.45, 2.75) is 69.5 Å². The lowest BCUT2D eigenvalue weighted by molar-refractivity contribution is -0.124. The van der Waals surface area contributed by atoms with Crippen molar-refractivity contribution < 1.29 is 4.79 Å². The number of rotatable bonds is 6. The number of likely N-dealkylation sites (tertiary alicyclic amines) is 1. The summed E-state index contributed by atoms with van der Waals surface area (Å²) in [7, 11) is 0. The van der Waals surface area contributed by atoms with E-state index >= 15 is 0 Å². The number of nitrogens with one attached hydrogen (secondary N) is 3. The monoisotopic (exact) mass is 370 g/mol. The molecule has 2 heterocycles. The number of carbonyl (C=O) groups excluding carboxylic acids is 1. The molecule has 3 aliphatic rings. The number of hydrogen-bond donors (Lipinski definition) is 3. The fourth-order valence-electron chi connectivity index (χ4n) is 4.91. The number of nitrogens with zero attached hydrogens (tertiary/aromatic N) is 1. The normalized spacial score (nSPS) is 31.0. The third kappa shape index (κ3) is 4.05. The van der Waals surface area contributed by atoms with E-state index in [2.05, 4.69) is 65.2 Å². The second-order valence-electron chi connectivity index (χ2n) is 8.85. The number of amides is 1. The highest BCUT2D eigenvalue weighted by molar-refractivity contribution is 5.82. The molecule has 4 rings (SSSR count). The highest BCUT2D eigenvalue weighted by Crippen LogP contribution is 2.48. The first kappa shape index (κ1) is 18.9. The third-order valence-electron chi connectivity index (χ3n) is 7.01. The Morgan fingerprint density at radius 3 is 2.48 bits per heavy atom. The van der Waals surface area contributed by atoms with Crippen LogP contribution in [-0.2, 0) is 10.2 Å². The molecule has 5 nitrogen and oxygen atoms in total. The fourth-order valence-corrected chi connectivity index (χ4v) is 4.91. The lowest BCUT2D eigenvalue weighted by atomic mass is 9.93. The van der Waals surface area contributed by atoms with E-state index in [1.54, 1.807) is 0 Å². The summed E-state index contributed by atoms with van der Waals surface area (Å²) in [5.74, 6) is 0.489. The van der Waals surface area contributed by atoms with Crippen LogP contribution in [0.2, 0.25) is 0 Å². The minimum absolute atomic E-state index is 0.110. The Labute approximate surface area is 163 Å². The van der Waals surface area contributed by atoms with Gasteiger partial charge in [0.25, 0.3) is 0 Å². The molecule has 148 valence electrons. The molecule has 0 bridgehead atoms. The van der Waals surface area contributed by atoms with Crippen LogP contribution in [0.15, 0.2) is 30.3 Å². The Morgan fingerprint density at radius 1 is 1.19 bits per heavy atom. The maximum atomic E-state index is 12.7. The summed E-state index contributed by atoms with van der Waals surface area (Å²) >= 11 is 0. The van der Waals surface area contributed by atoms with Crippen LogP contribution in [0, 0.1) is 5.92 Å². The first-order valence-corrected chi connectivity index (χ1v) is 10.7. The van der Waals surface area contributed by atoms with Gasteiger partial charge in [-0.25, -0.2) is 5.43 Å². The van der Waals surface area contributed by atoms with Gasteiger partial charge in [0.05, 0.1) is 0 Å². The minimum Gasteiger partial charge on any atom is -0.352 e. The highest BCUT2D eigenvalue weighted by atomic mass is 16.2. The predicted octanol–water partition coefficient (Wildman–Crippen LogP) is 2.19. The number of carbonyl (C=O) groups is 1. The molecule has 2 saturated heterocycles. The van der Waals surface area contributed by atoms with Crippen LogP contribution >= 0.6 is 0 Å². The minimum atomic E-state index is -0.110. The average Bonchev–Trinajstić information content (AvgIpc) is 3.38. The second kappa shape index (κ2) is 7.90. The van der Waals surface area contributed by atoms with Gasteiger partial charge in [0, 0.05) is 37.1 Å². The Morgan fingerprint density at radius 2 is 1.89 bits per heavy atom. The van der Waals surface area contributed by atoms with Gasteiger partial charge >= 0.3 is 0 Å². The second-order valence-corrected chi connectivity index (χ2v) is 8.85. The molecule has 3 N–H and O–H groups in total. The zero-order valence-corrected chi connectivity index (χ0v) is 16.7. The van der Waals surface area contributed by atoms with Gasteiger partial charge in [-0.3, -0.25) is 10.2 Å². The van der Waals surface area contributed by atoms with Crippen LogP contribution in [0.4, 0.5) is 0 Å². The molecule has 0 spiro atoms. The molecule has 5 heteroatoms. The van der Waals surface area contributed by atoms with Gasteiger partial charge < -0.3 is 10.2 Å². The summed E-state index contributed by atoms with van der Waals surface area (Å²) < 4.78 is 0. The molecule has 1 saturated carbocycles. The summed E-state index contributed by atoms with van der Waals surface area (Å²) in [5.41, 5.74) is 8.34. The van der Waals surface area contributed by atoms with E-state index in [0.29, 0.717) is 23.4 Å². The van der Waals surface area contributed by atoms with Gasteiger partial charge in [-0.1, -0.05) is 44.2 Å². The maximum Gasteiger partial charge on any atom is 0.239 e. The van der Waals surface area contributed by atoms with E-state index < -0.39 is 0 Å². The van der Waals surface area contributed by atoms with Crippen LogP contribution in [0.5, 0.6) is 0 Å². The summed E-state index contributed by atoms with van der Waals surface area (Å²) in [4.78, 5) is 15.3. The molecule has 1 aliphatic carbocycles. The van der Waals surface area contributed by atoms with Gasteiger partial charge in [0.2, 0.25) is 5.91 Å². The lowest BCUT2D eigenvalue weighted by Crippen LogP contribution is -2.52. The van der Waals surface area contributed by atoms with E-state index in [0.717, 1.165) is 32.4 Å². The molecule has 27 heavy (non-hydrogen) atoms. The molecule has 0 aromatic heterocycles. The lowest BCUT2D eigenvalue weighted by Gasteiger charge is -2.35. The number of piperidine rings is 1. The zero-order chi connectivity index (χ0) is 18.9. The molecule has 1 aromatic rings. The first-order valence-electron chi connectivity index (χ1n) is 10.7. The summed E-state index contributed by atoms with van der Waals surface area (Å²) in [6.07, 6.45) is 5.78. The Balaban J connectivity index is 1.24. The van der Waals surface area contributed by atoms with Crippen molar-refractivity contribution in [3.63, 3.8) is 0 Å². The van der Waals surface area contributed by atoms with Crippen molar-refractivity contribution in [1.82, 2.24) is 21.1 Å². The van der Waals surface area contributed by atoms with Gasteiger partial charge in [-0.05, 0) is 43.6 Å². The summed E-state index contributed by atoms with van der Waals surface area (Å²) in [6.45, 7) is 7.66. The standard InChI is InChI=1S/C22H34N4O/c1-3-19-16(2)20(25-24-19)21(27)23-18-9-13-26(14-10-18)15-22(11-12-22)17-7-5-4-6-8-17/h4-8,16,18-20,24-25H,3,9-15H2,1-2H3,(H,23,27).